The first-order chi connectivity index (χ1) is 13.2. The number of carbonyl (C=O) groups is 1. The number of nitrogens with one attached hydrogen (secondary N) is 1. The molecule has 0 unspecified atom stereocenters. The average Bonchev–Trinajstić information content (AvgIpc) is 3.23. The van der Waals surface area contributed by atoms with E-state index in [4.69, 9.17) is 14.2 Å². The van der Waals surface area contributed by atoms with E-state index in [-0.39, 0.29) is 5.91 Å². The number of carbonyl (C=O) groups excluding carboxylic acids is 1. The molecule has 1 amide bonds. The van der Waals surface area contributed by atoms with Gasteiger partial charge in [-0.2, -0.15) is 0 Å². The van der Waals surface area contributed by atoms with E-state index in [0.29, 0.717) is 19.8 Å². The number of para-hydroxylation sites is 1. The Hall–Kier alpha value is -2.69. The summed E-state index contributed by atoms with van der Waals surface area (Å²) < 4.78 is 16.8. The average molecular weight is 367 g/mol. The number of ether oxygens (including phenoxy) is 3. The summed E-state index contributed by atoms with van der Waals surface area (Å²) in [5, 5.41) is 3.14. The fraction of sp³-hybridized carbons (Fsp3) is 0.409. The number of methoxy groups -OCH3 is 1. The first-order valence-electron chi connectivity index (χ1n) is 9.53. The summed E-state index contributed by atoms with van der Waals surface area (Å²) in [6.45, 7) is 1.56. The third kappa shape index (κ3) is 3.34. The maximum Gasteiger partial charge on any atom is 0.230 e. The van der Waals surface area contributed by atoms with Gasteiger partial charge < -0.3 is 19.5 Å². The van der Waals surface area contributed by atoms with Crippen molar-refractivity contribution in [3.63, 3.8) is 0 Å². The Kier molecular flexibility index (Phi) is 4.92. The van der Waals surface area contributed by atoms with Crippen LogP contribution in [0.5, 0.6) is 17.2 Å². The molecule has 0 spiro atoms. The number of amides is 1. The van der Waals surface area contributed by atoms with Gasteiger partial charge in [-0.05, 0) is 36.6 Å². The summed E-state index contributed by atoms with van der Waals surface area (Å²) in [5.41, 5.74) is 1.49. The largest absolute Gasteiger partial charge is 0.496 e. The Morgan fingerprint density at radius 3 is 2.59 bits per heavy atom. The Balaban J connectivity index is 1.57. The van der Waals surface area contributed by atoms with E-state index in [9.17, 15) is 4.79 Å². The highest BCUT2D eigenvalue weighted by molar-refractivity contribution is 5.88. The van der Waals surface area contributed by atoms with Gasteiger partial charge in [0.2, 0.25) is 5.91 Å². The van der Waals surface area contributed by atoms with Crippen LogP contribution in [-0.4, -0.2) is 26.2 Å². The Morgan fingerprint density at radius 1 is 1.07 bits per heavy atom. The lowest BCUT2D eigenvalue weighted by molar-refractivity contribution is -0.126. The standard InChI is InChI=1S/C22H25NO4/c1-25-18-7-3-2-6-16(18)15-23-21(24)22(10-4-5-11-22)17-8-9-19-20(14-17)27-13-12-26-19/h2-3,6-9,14H,4-5,10-13,15H2,1H3,(H,23,24). The molecular formula is C22H25NO4. The summed E-state index contributed by atoms with van der Waals surface area (Å²) in [6, 6.07) is 13.7. The lowest BCUT2D eigenvalue weighted by Gasteiger charge is -2.30. The lowest BCUT2D eigenvalue weighted by Crippen LogP contribution is -2.42. The van der Waals surface area contributed by atoms with Crippen molar-refractivity contribution in [3.05, 3.63) is 53.6 Å². The Morgan fingerprint density at radius 2 is 1.81 bits per heavy atom. The molecule has 0 atom stereocenters. The van der Waals surface area contributed by atoms with Gasteiger partial charge in [-0.1, -0.05) is 37.1 Å². The van der Waals surface area contributed by atoms with Crippen molar-refractivity contribution in [3.8, 4) is 17.2 Å². The van der Waals surface area contributed by atoms with Gasteiger partial charge >= 0.3 is 0 Å². The quantitative estimate of drug-likeness (QED) is 0.877. The van der Waals surface area contributed by atoms with E-state index in [0.717, 1.165) is 54.1 Å². The normalized spacial score (nSPS) is 17.4. The summed E-state index contributed by atoms with van der Waals surface area (Å²) in [7, 11) is 1.65. The molecule has 2 aliphatic rings. The van der Waals surface area contributed by atoms with Crippen LogP contribution >= 0.6 is 0 Å². The molecule has 0 radical (unpaired) electrons. The van der Waals surface area contributed by atoms with E-state index in [2.05, 4.69) is 5.32 Å². The fourth-order valence-corrected chi connectivity index (χ4v) is 4.16. The number of benzene rings is 2. The van der Waals surface area contributed by atoms with E-state index in [1.54, 1.807) is 7.11 Å². The van der Waals surface area contributed by atoms with Crippen LogP contribution in [0.2, 0.25) is 0 Å². The van der Waals surface area contributed by atoms with E-state index in [1.807, 2.05) is 42.5 Å². The topological polar surface area (TPSA) is 56.8 Å². The molecular weight excluding hydrogens is 342 g/mol. The molecule has 1 heterocycles. The molecule has 4 rings (SSSR count). The van der Waals surface area contributed by atoms with Crippen LogP contribution in [-0.2, 0) is 16.8 Å². The molecule has 2 aromatic carbocycles. The minimum absolute atomic E-state index is 0.0718. The van der Waals surface area contributed by atoms with Crippen LogP contribution in [0.25, 0.3) is 0 Å². The number of rotatable bonds is 5. The van der Waals surface area contributed by atoms with Crippen LogP contribution in [0.4, 0.5) is 0 Å². The van der Waals surface area contributed by atoms with Gasteiger partial charge in [-0.25, -0.2) is 0 Å². The molecule has 142 valence electrons. The second-order valence-electron chi connectivity index (χ2n) is 7.14. The van der Waals surface area contributed by atoms with Crippen molar-refractivity contribution < 1.29 is 19.0 Å². The van der Waals surface area contributed by atoms with Crippen LogP contribution in [0.15, 0.2) is 42.5 Å². The number of hydrogen-bond donors (Lipinski definition) is 1. The SMILES string of the molecule is COc1ccccc1CNC(=O)C1(c2ccc3c(c2)OCCO3)CCCC1. The monoisotopic (exact) mass is 367 g/mol. The van der Waals surface area contributed by atoms with Crippen LogP contribution < -0.4 is 19.5 Å². The molecule has 5 heteroatoms. The van der Waals surface area contributed by atoms with Crippen molar-refractivity contribution in [2.75, 3.05) is 20.3 Å². The van der Waals surface area contributed by atoms with E-state index in [1.165, 1.54) is 0 Å². The molecule has 1 fully saturated rings. The third-order valence-electron chi connectivity index (χ3n) is 5.62. The van der Waals surface area contributed by atoms with Gasteiger partial charge in [0.25, 0.3) is 0 Å². The molecule has 0 aromatic heterocycles. The first kappa shape index (κ1) is 17.7. The van der Waals surface area contributed by atoms with Crippen molar-refractivity contribution in [2.24, 2.45) is 0 Å². The van der Waals surface area contributed by atoms with Crippen molar-refractivity contribution in [2.45, 2.75) is 37.6 Å². The lowest BCUT2D eigenvalue weighted by atomic mass is 9.77. The minimum atomic E-state index is -0.502. The molecule has 1 N–H and O–H groups in total. The maximum atomic E-state index is 13.3. The highest BCUT2D eigenvalue weighted by atomic mass is 16.6. The van der Waals surface area contributed by atoms with Crippen molar-refractivity contribution in [1.29, 1.82) is 0 Å². The molecule has 2 aromatic rings. The highest BCUT2D eigenvalue weighted by Crippen LogP contribution is 2.44. The highest BCUT2D eigenvalue weighted by Gasteiger charge is 2.43. The Labute approximate surface area is 159 Å². The van der Waals surface area contributed by atoms with Crippen LogP contribution in [0.3, 0.4) is 0 Å². The zero-order valence-corrected chi connectivity index (χ0v) is 15.6. The Bertz CT molecular complexity index is 827. The molecule has 0 saturated heterocycles. The molecule has 1 aliphatic heterocycles. The van der Waals surface area contributed by atoms with Gasteiger partial charge in [0, 0.05) is 12.1 Å². The second kappa shape index (κ2) is 7.51. The number of hydrogen-bond acceptors (Lipinski definition) is 4. The van der Waals surface area contributed by atoms with Gasteiger partial charge in [-0.15, -0.1) is 0 Å². The van der Waals surface area contributed by atoms with Gasteiger partial charge in [0.05, 0.1) is 12.5 Å². The summed E-state index contributed by atoms with van der Waals surface area (Å²) >= 11 is 0. The molecule has 0 bridgehead atoms. The first-order valence-corrected chi connectivity index (χ1v) is 9.53. The van der Waals surface area contributed by atoms with E-state index >= 15 is 0 Å². The minimum Gasteiger partial charge on any atom is -0.496 e. The molecule has 1 saturated carbocycles. The smallest absolute Gasteiger partial charge is 0.230 e. The van der Waals surface area contributed by atoms with Gasteiger partial charge in [0.1, 0.15) is 19.0 Å². The summed E-state index contributed by atoms with van der Waals surface area (Å²) in [4.78, 5) is 13.3. The van der Waals surface area contributed by atoms with Crippen molar-refractivity contribution in [1.82, 2.24) is 5.32 Å². The molecule has 27 heavy (non-hydrogen) atoms. The van der Waals surface area contributed by atoms with Gasteiger partial charge in [-0.3, -0.25) is 4.79 Å². The predicted molar refractivity (Wildman–Crippen MR) is 102 cm³/mol. The predicted octanol–water partition coefficient (Wildman–Crippen LogP) is 3.59. The zero-order chi connectivity index (χ0) is 18.7. The summed E-state index contributed by atoms with van der Waals surface area (Å²) in [6.07, 6.45) is 3.81. The van der Waals surface area contributed by atoms with E-state index < -0.39 is 5.41 Å². The van der Waals surface area contributed by atoms with Gasteiger partial charge in [0.15, 0.2) is 11.5 Å². The van der Waals surface area contributed by atoms with Crippen molar-refractivity contribution >= 4 is 5.91 Å². The number of fused-ring (bicyclic) bond motifs is 1. The second-order valence-corrected chi connectivity index (χ2v) is 7.14. The third-order valence-corrected chi connectivity index (χ3v) is 5.62. The van der Waals surface area contributed by atoms with Crippen LogP contribution in [0.1, 0.15) is 36.8 Å². The molecule has 5 nitrogen and oxygen atoms in total. The van der Waals surface area contributed by atoms with Crippen LogP contribution in [0, 0.1) is 0 Å². The maximum absolute atomic E-state index is 13.3. The summed E-state index contributed by atoms with van der Waals surface area (Å²) in [5.74, 6) is 2.36. The zero-order valence-electron chi connectivity index (χ0n) is 15.6. The fourth-order valence-electron chi connectivity index (χ4n) is 4.16. The molecule has 1 aliphatic carbocycles.